The Kier molecular flexibility index (Phi) is 3.29. The van der Waals surface area contributed by atoms with Crippen LogP contribution in [0.2, 0.25) is 0 Å². The monoisotopic (exact) mass is 230 g/mol. The van der Waals surface area contributed by atoms with E-state index in [1.54, 1.807) is 0 Å². The summed E-state index contributed by atoms with van der Waals surface area (Å²) >= 11 is 0. The Morgan fingerprint density at radius 2 is 2.12 bits per heavy atom. The molecule has 3 nitrogen and oxygen atoms in total. The van der Waals surface area contributed by atoms with Crippen molar-refractivity contribution in [2.45, 2.75) is 33.4 Å². The average molecular weight is 230 g/mol. The molecule has 0 amide bonds. The van der Waals surface area contributed by atoms with E-state index in [4.69, 9.17) is 10.5 Å². The molecule has 17 heavy (non-hydrogen) atoms. The highest BCUT2D eigenvalue weighted by atomic mass is 16.5. The third-order valence-corrected chi connectivity index (χ3v) is 2.63. The van der Waals surface area contributed by atoms with Gasteiger partial charge in [0.25, 0.3) is 0 Å². The lowest BCUT2D eigenvalue weighted by Crippen LogP contribution is -2.08. The van der Waals surface area contributed by atoms with Crippen LogP contribution >= 0.6 is 0 Å². The molecule has 0 spiro atoms. The minimum Gasteiger partial charge on any atom is -0.490 e. The summed E-state index contributed by atoms with van der Waals surface area (Å²) in [6, 6.07) is 8.04. The standard InChI is InChI=1S/C14H18N2O/c1-9(2)17-13-7-11(8-15)16-14-10(3)5-4-6-12(13)14/h4-7,9H,8,15H2,1-3H3. The van der Waals surface area contributed by atoms with Crippen LogP contribution in [0.1, 0.15) is 25.1 Å². The van der Waals surface area contributed by atoms with Crippen molar-refractivity contribution in [1.29, 1.82) is 0 Å². The predicted molar refractivity (Wildman–Crippen MR) is 70.1 cm³/mol. The molecule has 0 bridgehead atoms. The minimum atomic E-state index is 0.145. The third kappa shape index (κ3) is 2.39. The van der Waals surface area contributed by atoms with Crippen molar-refractivity contribution in [3.63, 3.8) is 0 Å². The summed E-state index contributed by atoms with van der Waals surface area (Å²) in [5.74, 6) is 0.870. The number of benzene rings is 1. The Hall–Kier alpha value is -1.61. The third-order valence-electron chi connectivity index (χ3n) is 2.63. The molecule has 1 heterocycles. The van der Waals surface area contributed by atoms with Gasteiger partial charge in [0.15, 0.2) is 0 Å². The molecule has 0 aliphatic heterocycles. The Morgan fingerprint density at radius 3 is 2.76 bits per heavy atom. The van der Waals surface area contributed by atoms with Gasteiger partial charge in [0.2, 0.25) is 0 Å². The molecule has 0 aliphatic rings. The van der Waals surface area contributed by atoms with Crippen molar-refractivity contribution >= 4 is 10.9 Å². The second-order valence-electron chi connectivity index (χ2n) is 4.45. The van der Waals surface area contributed by atoms with Gasteiger partial charge in [-0.05, 0) is 32.4 Å². The van der Waals surface area contributed by atoms with E-state index in [-0.39, 0.29) is 6.10 Å². The molecular weight excluding hydrogens is 212 g/mol. The van der Waals surface area contributed by atoms with E-state index in [0.29, 0.717) is 6.54 Å². The van der Waals surface area contributed by atoms with Gasteiger partial charge in [-0.1, -0.05) is 12.1 Å². The van der Waals surface area contributed by atoms with E-state index in [1.807, 2.05) is 32.0 Å². The fourth-order valence-electron chi connectivity index (χ4n) is 1.87. The molecule has 2 rings (SSSR count). The molecule has 1 aromatic heterocycles. The zero-order chi connectivity index (χ0) is 12.4. The summed E-state index contributed by atoms with van der Waals surface area (Å²) in [4.78, 5) is 4.56. The molecule has 0 radical (unpaired) electrons. The number of fused-ring (bicyclic) bond motifs is 1. The smallest absolute Gasteiger partial charge is 0.130 e. The average Bonchev–Trinajstić information content (AvgIpc) is 2.29. The lowest BCUT2D eigenvalue weighted by molar-refractivity contribution is 0.245. The van der Waals surface area contributed by atoms with Gasteiger partial charge in [-0.25, -0.2) is 0 Å². The van der Waals surface area contributed by atoms with E-state index in [9.17, 15) is 0 Å². The number of nitrogens with two attached hydrogens (primary N) is 1. The number of aromatic nitrogens is 1. The van der Waals surface area contributed by atoms with Crippen LogP contribution in [0.3, 0.4) is 0 Å². The Labute approximate surface area is 102 Å². The molecule has 0 aliphatic carbocycles. The number of para-hydroxylation sites is 1. The summed E-state index contributed by atoms with van der Waals surface area (Å²) in [5.41, 5.74) is 8.66. The molecule has 90 valence electrons. The summed E-state index contributed by atoms with van der Waals surface area (Å²) < 4.78 is 5.83. The fraction of sp³-hybridized carbons (Fsp3) is 0.357. The molecule has 1 aromatic carbocycles. The van der Waals surface area contributed by atoms with Crippen molar-refractivity contribution in [2.75, 3.05) is 0 Å². The van der Waals surface area contributed by atoms with Gasteiger partial charge in [-0.2, -0.15) is 0 Å². The van der Waals surface area contributed by atoms with Crippen molar-refractivity contribution in [2.24, 2.45) is 5.73 Å². The first-order valence-corrected chi connectivity index (χ1v) is 5.87. The summed E-state index contributed by atoms with van der Waals surface area (Å²) in [6.45, 7) is 6.52. The lowest BCUT2D eigenvalue weighted by atomic mass is 10.1. The molecular formula is C14H18N2O. The van der Waals surface area contributed by atoms with Gasteiger partial charge in [-0.15, -0.1) is 0 Å². The van der Waals surface area contributed by atoms with Crippen molar-refractivity contribution in [1.82, 2.24) is 4.98 Å². The van der Waals surface area contributed by atoms with Crippen molar-refractivity contribution in [3.05, 3.63) is 35.5 Å². The van der Waals surface area contributed by atoms with Gasteiger partial charge < -0.3 is 10.5 Å². The van der Waals surface area contributed by atoms with Crippen LogP contribution in [0.5, 0.6) is 5.75 Å². The molecule has 2 aromatic rings. The van der Waals surface area contributed by atoms with Crippen LogP contribution in [-0.2, 0) is 6.54 Å². The van der Waals surface area contributed by atoms with Crippen LogP contribution in [0.15, 0.2) is 24.3 Å². The fourth-order valence-corrected chi connectivity index (χ4v) is 1.87. The van der Waals surface area contributed by atoms with E-state index in [1.165, 1.54) is 0 Å². The normalized spacial score (nSPS) is 11.1. The van der Waals surface area contributed by atoms with Crippen LogP contribution in [0.25, 0.3) is 10.9 Å². The van der Waals surface area contributed by atoms with E-state index in [2.05, 4.69) is 18.0 Å². The Balaban J connectivity index is 2.67. The maximum Gasteiger partial charge on any atom is 0.130 e. The van der Waals surface area contributed by atoms with Crippen LogP contribution in [-0.4, -0.2) is 11.1 Å². The number of ether oxygens (including phenoxy) is 1. The highest BCUT2D eigenvalue weighted by molar-refractivity contribution is 5.87. The van der Waals surface area contributed by atoms with Gasteiger partial charge >= 0.3 is 0 Å². The molecule has 0 saturated heterocycles. The summed E-state index contributed by atoms with van der Waals surface area (Å²) in [6.07, 6.45) is 0.145. The SMILES string of the molecule is Cc1cccc2c(OC(C)C)cc(CN)nc12. The molecule has 0 atom stereocenters. The molecule has 2 N–H and O–H groups in total. The molecule has 3 heteroatoms. The zero-order valence-corrected chi connectivity index (χ0v) is 10.5. The summed E-state index contributed by atoms with van der Waals surface area (Å²) in [7, 11) is 0. The number of hydrogen-bond acceptors (Lipinski definition) is 3. The van der Waals surface area contributed by atoms with Gasteiger partial charge in [0.1, 0.15) is 5.75 Å². The van der Waals surface area contributed by atoms with Gasteiger partial charge in [0, 0.05) is 18.0 Å². The number of nitrogens with zero attached hydrogens (tertiary/aromatic N) is 1. The maximum absolute atomic E-state index is 5.83. The highest BCUT2D eigenvalue weighted by Gasteiger charge is 2.09. The van der Waals surface area contributed by atoms with E-state index < -0.39 is 0 Å². The molecule has 0 saturated carbocycles. The topological polar surface area (TPSA) is 48.1 Å². The second-order valence-corrected chi connectivity index (χ2v) is 4.45. The van der Waals surface area contributed by atoms with Gasteiger partial charge in [-0.3, -0.25) is 4.98 Å². The Bertz CT molecular complexity index is 535. The number of aryl methyl sites for hydroxylation is 1. The Morgan fingerprint density at radius 1 is 1.35 bits per heavy atom. The predicted octanol–water partition coefficient (Wildman–Crippen LogP) is 2.79. The number of pyridine rings is 1. The number of hydrogen-bond donors (Lipinski definition) is 1. The van der Waals surface area contributed by atoms with Gasteiger partial charge in [0.05, 0.1) is 17.3 Å². The lowest BCUT2D eigenvalue weighted by Gasteiger charge is -2.14. The first-order chi connectivity index (χ1) is 8.11. The second kappa shape index (κ2) is 4.72. The van der Waals surface area contributed by atoms with Crippen molar-refractivity contribution in [3.8, 4) is 5.75 Å². The largest absolute Gasteiger partial charge is 0.490 e. The highest BCUT2D eigenvalue weighted by Crippen LogP contribution is 2.28. The molecule has 0 fully saturated rings. The molecule has 0 unspecified atom stereocenters. The van der Waals surface area contributed by atoms with Crippen LogP contribution in [0, 0.1) is 6.92 Å². The number of rotatable bonds is 3. The quantitative estimate of drug-likeness (QED) is 0.882. The van der Waals surface area contributed by atoms with E-state index in [0.717, 1.165) is 27.9 Å². The van der Waals surface area contributed by atoms with Crippen molar-refractivity contribution < 1.29 is 4.74 Å². The van der Waals surface area contributed by atoms with Crippen LogP contribution in [0.4, 0.5) is 0 Å². The first kappa shape index (κ1) is 11.9. The zero-order valence-electron chi connectivity index (χ0n) is 10.5. The van der Waals surface area contributed by atoms with E-state index >= 15 is 0 Å². The maximum atomic E-state index is 5.83. The van der Waals surface area contributed by atoms with Crippen LogP contribution < -0.4 is 10.5 Å². The summed E-state index contributed by atoms with van der Waals surface area (Å²) in [5, 5.41) is 1.05. The minimum absolute atomic E-state index is 0.145. The first-order valence-electron chi connectivity index (χ1n) is 5.87.